The van der Waals surface area contributed by atoms with Crippen LogP contribution < -0.4 is 5.01 Å². The molecule has 82 valence electrons. The first-order valence-electron chi connectivity index (χ1n) is 5.54. The lowest BCUT2D eigenvalue weighted by Crippen LogP contribution is -2.29. The minimum atomic E-state index is -0.0162. The topological polar surface area (TPSA) is 58.5 Å². The summed E-state index contributed by atoms with van der Waals surface area (Å²) in [7, 11) is 0. The molecule has 0 N–H and O–H groups in total. The monoisotopic (exact) mass is 216 g/mol. The van der Waals surface area contributed by atoms with Gasteiger partial charge in [0.05, 0.1) is 11.6 Å². The van der Waals surface area contributed by atoms with E-state index in [4.69, 9.17) is 0 Å². The number of hydrogen-bond acceptors (Lipinski definition) is 4. The summed E-state index contributed by atoms with van der Waals surface area (Å²) in [6.07, 6.45) is 7.33. The number of carbonyl (C=O) groups excluding carboxylic acids is 1. The van der Waals surface area contributed by atoms with Crippen LogP contribution in [-0.2, 0) is 4.79 Å². The van der Waals surface area contributed by atoms with E-state index in [0.29, 0.717) is 5.95 Å². The molecule has 1 unspecified atom stereocenters. The minimum absolute atomic E-state index is 0.0162. The molecule has 1 fully saturated rings. The van der Waals surface area contributed by atoms with Gasteiger partial charge in [-0.2, -0.15) is 10.1 Å². The quantitative estimate of drug-likeness (QED) is 0.712. The van der Waals surface area contributed by atoms with E-state index in [1.54, 1.807) is 18.5 Å². The van der Waals surface area contributed by atoms with Crippen molar-refractivity contribution in [1.29, 1.82) is 0 Å². The first kappa shape index (κ1) is 9.45. The summed E-state index contributed by atoms with van der Waals surface area (Å²) in [6, 6.07) is 1.73. The molecule has 0 bridgehead atoms. The molecule has 16 heavy (non-hydrogen) atoms. The van der Waals surface area contributed by atoms with Gasteiger partial charge in [-0.15, -0.1) is 0 Å². The first-order valence-corrected chi connectivity index (χ1v) is 5.54. The summed E-state index contributed by atoms with van der Waals surface area (Å²) in [5, 5.41) is 5.69. The van der Waals surface area contributed by atoms with E-state index in [2.05, 4.69) is 15.1 Å². The summed E-state index contributed by atoms with van der Waals surface area (Å²) in [6.45, 7) is 0. The maximum Gasteiger partial charge on any atom is 0.258 e. The van der Waals surface area contributed by atoms with Gasteiger partial charge in [0.15, 0.2) is 0 Å². The summed E-state index contributed by atoms with van der Waals surface area (Å²) >= 11 is 0. The van der Waals surface area contributed by atoms with Gasteiger partial charge in [-0.25, -0.2) is 9.97 Å². The van der Waals surface area contributed by atoms with Crippen LogP contribution in [0, 0.1) is 5.92 Å². The van der Waals surface area contributed by atoms with Gasteiger partial charge in [0.1, 0.15) is 0 Å². The van der Waals surface area contributed by atoms with Crippen molar-refractivity contribution >= 4 is 17.6 Å². The maximum atomic E-state index is 12.1. The zero-order valence-electron chi connectivity index (χ0n) is 8.83. The minimum Gasteiger partial charge on any atom is -0.272 e. The molecule has 1 aliphatic heterocycles. The number of fused-ring (bicyclic) bond motifs is 1. The van der Waals surface area contributed by atoms with Crippen LogP contribution >= 0.6 is 0 Å². The predicted octanol–water partition coefficient (Wildman–Crippen LogP) is 1.37. The molecule has 5 nitrogen and oxygen atoms in total. The summed E-state index contributed by atoms with van der Waals surface area (Å²) < 4.78 is 0. The Balaban J connectivity index is 1.93. The Kier molecular flexibility index (Phi) is 2.16. The van der Waals surface area contributed by atoms with Crippen LogP contribution in [0.5, 0.6) is 0 Å². The normalized spacial score (nSPS) is 24.2. The molecule has 1 aromatic heterocycles. The zero-order valence-corrected chi connectivity index (χ0v) is 8.83. The van der Waals surface area contributed by atoms with Crippen LogP contribution in [-0.4, -0.2) is 21.6 Å². The first-order chi connectivity index (χ1) is 7.86. The third kappa shape index (κ3) is 1.39. The molecule has 0 radical (unpaired) electrons. The van der Waals surface area contributed by atoms with Crippen molar-refractivity contribution < 1.29 is 4.79 Å². The highest BCUT2D eigenvalue weighted by Crippen LogP contribution is 2.30. The lowest BCUT2D eigenvalue weighted by atomic mass is 9.87. The molecule has 1 saturated carbocycles. The highest BCUT2D eigenvalue weighted by Gasteiger charge is 2.38. The Morgan fingerprint density at radius 3 is 2.81 bits per heavy atom. The zero-order chi connectivity index (χ0) is 11.0. The second-order valence-corrected chi connectivity index (χ2v) is 4.09. The van der Waals surface area contributed by atoms with E-state index >= 15 is 0 Å². The number of amides is 1. The van der Waals surface area contributed by atoms with Crippen molar-refractivity contribution in [2.45, 2.75) is 25.7 Å². The molecular weight excluding hydrogens is 204 g/mol. The van der Waals surface area contributed by atoms with Crippen molar-refractivity contribution in [3.8, 4) is 0 Å². The van der Waals surface area contributed by atoms with Crippen LogP contribution in [0.4, 0.5) is 5.95 Å². The average Bonchev–Trinajstić information content (AvgIpc) is 2.69. The number of anilines is 1. The average molecular weight is 216 g/mol. The van der Waals surface area contributed by atoms with Gasteiger partial charge < -0.3 is 0 Å². The summed E-state index contributed by atoms with van der Waals surface area (Å²) in [4.78, 5) is 20.2. The number of hydrazone groups is 1. The van der Waals surface area contributed by atoms with E-state index in [-0.39, 0.29) is 11.8 Å². The van der Waals surface area contributed by atoms with E-state index in [1.165, 1.54) is 5.01 Å². The van der Waals surface area contributed by atoms with Crippen molar-refractivity contribution in [1.82, 2.24) is 9.97 Å². The second-order valence-electron chi connectivity index (χ2n) is 4.09. The fourth-order valence-electron chi connectivity index (χ4n) is 2.25. The molecule has 1 amide bonds. The van der Waals surface area contributed by atoms with Gasteiger partial charge in [-0.05, 0) is 25.3 Å². The predicted molar refractivity (Wildman–Crippen MR) is 58.9 cm³/mol. The number of nitrogens with zero attached hydrogens (tertiary/aromatic N) is 4. The number of carbonyl (C=O) groups is 1. The molecule has 1 aliphatic carbocycles. The molecule has 0 spiro atoms. The van der Waals surface area contributed by atoms with Gasteiger partial charge in [0.2, 0.25) is 0 Å². The Morgan fingerprint density at radius 1 is 1.25 bits per heavy atom. The van der Waals surface area contributed by atoms with Crippen molar-refractivity contribution in [3.63, 3.8) is 0 Å². The fourth-order valence-corrected chi connectivity index (χ4v) is 2.25. The fraction of sp³-hybridized carbons (Fsp3) is 0.455. The number of aromatic nitrogens is 2. The van der Waals surface area contributed by atoms with Crippen LogP contribution in [0.25, 0.3) is 0 Å². The van der Waals surface area contributed by atoms with E-state index in [1.807, 2.05) is 0 Å². The SMILES string of the molecule is O=C1C2CCCCC2=NN1c1ncccn1. The molecule has 2 aliphatic rings. The van der Waals surface area contributed by atoms with Crippen molar-refractivity contribution in [3.05, 3.63) is 18.5 Å². The van der Waals surface area contributed by atoms with Crippen molar-refractivity contribution in [2.75, 3.05) is 5.01 Å². The molecule has 0 aromatic carbocycles. The molecule has 3 rings (SSSR count). The number of hydrogen-bond donors (Lipinski definition) is 0. The molecule has 1 atom stereocenters. The maximum absolute atomic E-state index is 12.1. The Labute approximate surface area is 93.2 Å². The second kappa shape index (κ2) is 3.66. The highest BCUT2D eigenvalue weighted by molar-refractivity contribution is 6.15. The van der Waals surface area contributed by atoms with Gasteiger partial charge in [-0.1, -0.05) is 6.42 Å². The molecule has 1 aromatic rings. The standard InChI is InChI=1S/C11H12N4O/c16-10-8-4-1-2-5-9(8)14-15(10)11-12-6-3-7-13-11/h3,6-8H,1-2,4-5H2. The van der Waals surface area contributed by atoms with E-state index in [0.717, 1.165) is 31.4 Å². The van der Waals surface area contributed by atoms with E-state index < -0.39 is 0 Å². The highest BCUT2D eigenvalue weighted by atomic mass is 16.2. The van der Waals surface area contributed by atoms with Crippen LogP contribution in [0.15, 0.2) is 23.6 Å². The third-order valence-corrected chi connectivity index (χ3v) is 3.05. The molecule has 5 heteroatoms. The Bertz CT molecular complexity index is 443. The van der Waals surface area contributed by atoms with Gasteiger partial charge >= 0.3 is 0 Å². The molecule has 0 saturated heterocycles. The number of rotatable bonds is 1. The molecule has 2 heterocycles. The van der Waals surface area contributed by atoms with Crippen molar-refractivity contribution in [2.24, 2.45) is 11.0 Å². The Morgan fingerprint density at radius 2 is 2.06 bits per heavy atom. The van der Waals surface area contributed by atoms with Crippen LogP contribution in [0.3, 0.4) is 0 Å². The summed E-state index contributed by atoms with van der Waals surface area (Å²) in [5.74, 6) is 0.396. The smallest absolute Gasteiger partial charge is 0.258 e. The third-order valence-electron chi connectivity index (χ3n) is 3.05. The van der Waals surface area contributed by atoms with Crippen LogP contribution in [0.2, 0.25) is 0 Å². The Hall–Kier alpha value is -1.78. The lowest BCUT2D eigenvalue weighted by molar-refractivity contribution is -0.120. The van der Waals surface area contributed by atoms with Crippen LogP contribution in [0.1, 0.15) is 25.7 Å². The lowest BCUT2D eigenvalue weighted by Gasteiger charge is -2.16. The van der Waals surface area contributed by atoms with Gasteiger partial charge in [-0.3, -0.25) is 4.79 Å². The van der Waals surface area contributed by atoms with Gasteiger partial charge in [0.25, 0.3) is 11.9 Å². The van der Waals surface area contributed by atoms with Gasteiger partial charge in [0, 0.05) is 12.4 Å². The largest absolute Gasteiger partial charge is 0.272 e. The van der Waals surface area contributed by atoms with E-state index in [9.17, 15) is 4.79 Å². The summed E-state index contributed by atoms with van der Waals surface area (Å²) in [5.41, 5.74) is 1.00. The molecular formula is C11H12N4O.